The number of H-pyrrole nitrogens is 1. The maximum atomic E-state index is 11.9. The number of piperazine rings is 1. The van der Waals surface area contributed by atoms with Crippen LogP contribution in [0.4, 0.5) is 0 Å². The maximum absolute atomic E-state index is 11.9. The van der Waals surface area contributed by atoms with E-state index in [-0.39, 0.29) is 5.91 Å². The molecule has 1 aromatic heterocycles. The van der Waals surface area contributed by atoms with Crippen molar-refractivity contribution in [2.24, 2.45) is 0 Å². The Bertz CT molecular complexity index is 333. The number of carbonyl (C=O) groups excluding carboxylic acids is 1. The zero-order chi connectivity index (χ0) is 11.4. The number of carbonyl (C=O) groups is 1. The molecule has 1 aliphatic rings. The molecule has 2 heterocycles. The predicted octanol–water partition coefficient (Wildman–Crippen LogP) is 0.406. The second kappa shape index (κ2) is 5.32. The number of nitrogens with one attached hydrogen (secondary N) is 1. The number of aromatic amines is 1. The fourth-order valence-electron chi connectivity index (χ4n) is 1.84. The molecule has 16 heavy (non-hydrogen) atoms. The number of halogens is 1. The van der Waals surface area contributed by atoms with Crippen molar-refractivity contribution < 1.29 is 4.79 Å². The summed E-state index contributed by atoms with van der Waals surface area (Å²) in [7, 11) is 0. The lowest BCUT2D eigenvalue weighted by Gasteiger charge is -2.34. The number of hydrogen-bond donors (Lipinski definition) is 1. The lowest BCUT2D eigenvalue weighted by molar-refractivity contribution is 0.0638. The number of aromatic nitrogens is 2. The lowest BCUT2D eigenvalue weighted by atomic mass is 10.3. The second-order valence-electron chi connectivity index (χ2n) is 3.79. The van der Waals surface area contributed by atoms with Gasteiger partial charge in [-0.15, -0.1) is 11.6 Å². The molecule has 0 atom stereocenters. The maximum Gasteiger partial charge on any atom is 0.271 e. The van der Waals surface area contributed by atoms with E-state index in [1.54, 1.807) is 12.3 Å². The number of hydrogen-bond acceptors (Lipinski definition) is 3. The fraction of sp³-hybridized carbons (Fsp3) is 0.600. The van der Waals surface area contributed by atoms with Gasteiger partial charge in [-0.05, 0) is 6.07 Å². The SMILES string of the molecule is O=C(c1ccn[nH]1)N1CCN(CCCl)CC1. The van der Waals surface area contributed by atoms with E-state index in [2.05, 4.69) is 15.1 Å². The van der Waals surface area contributed by atoms with E-state index < -0.39 is 0 Å². The van der Waals surface area contributed by atoms with Crippen molar-refractivity contribution in [1.82, 2.24) is 20.0 Å². The summed E-state index contributed by atoms with van der Waals surface area (Å²) in [5, 5.41) is 6.48. The van der Waals surface area contributed by atoms with E-state index in [0.717, 1.165) is 32.7 Å². The number of alkyl halides is 1. The van der Waals surface area contributed by atoms with Crippen LogP contribution in [0.1, 0.15) is 10.5 Å². The van der Waals surface area contributed by atoms with Gasteiger partial charge in [-0.2, -0.15) is 5.10 Å². The summed E-state index contributed by atoms with van der Waals surface area (Å²) < 4.78 is 0. The first-order valence-corrected chi connectivity index (χ1v) is 5.91. The van der Waals surface area contributed by atoms with Gasteiger partial charge >= 0.3 is 0 Å². The van der Waals surface area contributed by atoms with Crippen LogP contribution >= 0.6 is 11.6 Å². The highest BCUT2D eigenvalue weighted by molar-refractivity contribution is 6.18. The molecule has 5 nitrogen and oxygen atoms in total. The van der Waals surface area contributed by atoms with Crippen molar-refractivity contribution >= 4 is 17.5 Å². The molecular weight excluding hydrogens is 228 g/mol. The third kappa shape index (κ3) is 2.54. The summed E-state index contributed by atoms with van der Waals surface area (Å²) in [6.45, 7) is 4.20. The smallest absolute Gasteiger partial charge is 0.271 e. The van der Waals surface area contributed by atoms with E-state index in [1.807, 2.05) is 4.90 Å². The molecule has 1 aliphatic heterocycles. The summed E-state index contributed by atoms with van der Waals surface area (Å²) >= 11 is 5.68. The van der Waals surface area contributed by atoms with Gasteiger partial charge in [0.25, 0.3) is 5.91 Å². The Kier molecular flexibility index (Phi) is 3.79. The highest BCUT2D eigenvalue weighted by atomic mass is 35.5. The van der Waals surface area contributed by atoms with Gasteiger partial charge in [0.2, 0.25) is 0 Å². The normalized spacial score (nSPS) is 17.7. The Labute approximate surface area is 99.4 Å². The molecule has 1 saturated heterocycles. The lowest BCUT2D eigenvalue weighted by Crippen LogP contribution is -2.49. The zero-order valence-electron chi connectivity index (χ0n) is 9.03. The van der Waals surface area contributed by atoms with Crippen LogP contribution in [0, 0.1) is 0 Å². The van der Waals surface area contributed by atoms with Crippen molar-refractivity contribution in [3.05, 3.63) is 18.0 Å². The van der Waals surface area contributed by atoms with E-state index in [0.29, 0.717) is 11.6 Å². The zero-order valence-corrected chi connectivity index (χ0v) is 9.78. The Morgan fingerprint density at radius 3 is 2.75 bits per heavy atom. The second-order valence-corrected chi connectivity index (χ2v) is 4.17. The van der Waals surface area contributed by atoms with Gasteiger partial charge in [-0.1, -0.05) is 0 Å². The molecule has 0 radical (unpaired) electrons. The number of nitrogens with zero attached hydrogens (tertiary/aromatic N) is 3. The summed E-state index contributed by atoms with van der Waals surface area (Å²) in [6.07, 6.45) is 1.59. The van der Waals surface area contributed by atoms with Crippen LogP contribution in [0.15, 0.2) is 12.3 Å². The third-order valence-corrected chi connectivity index (χ3v) is 2.96. The summed E-state index contributed by atoms with van der Waals surface area (Å²) in [5.41, 5.74) is 0.561. The average Bonchev–Trinajstić information content (AvgIpc) is 2.83. The van der Waals surface area contributed by atoms with Crippen LogP contribution in [0.2, 0.25) is 0 Å². The molecule has 1 fully saturated rings. The van der Waals surface area contributed by atoms with Crippen LogP contribution in [0.5, 0.6) is 0 Å². The predicted molar refractivity (Wildman–Crippen MR) is 61.7 cm³/mol. The topological polar surface area (TPSA) is 52.2 Å². The highest BCUT2D eigenvalue weighted by Gasteiger charge is 2.22. The molecular formula is C10H15ClN4O. The average molecular weight is 243 g/mol. The molecule has 0 spiro atoms. The standard InChI is InChI=1S/C10H15ClN4O/c11-2-4-14-5-7-15(8-6-14)10(16)9-1-3-12-13-9/h1,3H,2,4-8H2,(H,12,13). The first kappa shape index (κ1) is 11.4. The number of amides is 1. The van der Waals surface area contributed by atoms with Gasteiger partial charge in [0.1, 0.15) is 5.69 Å². The minimum atomic E-state index is 0.0306. The molecule has 6 heteroatoms. The van der Waals surface area contributed by atoms with Crippen LogP contribution < -0.4 is 0 Å². The van der Waals surface area contributed by atoms with Crippen molar-refractivity contribution in [2.45, 2.75) is 0 Å². The Morgan fingerprint density at radius 1 is 1.44 bits per heavy atom. The van der Waals surface area contributed by atoms with Crippen molar-refractivity contribution in [3.8, 4) is 0 Å². The van der Waals surface area contributed by atoms with E-state index >= 15 is 0 Å². The van der Waals surface area contributed by atoms with Crippen molar-refractivity contribution in [1.29, 1.82) is 0 Å². The molecule has 0 saturated carbocycles. The van der Waals surface area contributed by atoms with E-state index in [4.69, 9.17) is 11.6 Å². The largest absolute Gasteiger partial charge is 0.335 e. The number of rotatable bonds is 3. The summed E-state index contributed by atoms with van der Waals surface area (Å²) in [5.74, 6) is 0.678. The van der Waals surface area contributed by atoms with Gasteiger partial charge in [0, 0.05) is 44.8 Å². The first-order valence-electron chi connectivity index (χ1n) is 5.38. The van der Waals surface area contributed by atoms with Gasteiger partial charge in [-0.25, -0.2) is 0 Å². The van der Waals surface area contributed by atoms with Crippen LogP contribution in [0.3, 0.4) is 0 Å². The highest BCUT2D eigenvalue weighted by Crippen LogP contribution is 2.06. The van der Waals surface area contributed by atoms with Crippen molar-refractivity contribution in [2.75, 3.05) is 38.6 Å². The monoisotopic (exact) mass is 242 g/mol. The molecule has 1 N–H and O–H groups in total. The van der Waals surface area contributed by atoms with E-state index in [1.165, 1.54) is 0 Å². The molecule has 1 aromatic rings. The molecule has 0 unspecified atom stereocenters. The molecule has 1 amide bonds. The minimum Gasteiger partial charge on any atom is -0.335 e. The minimum absolute atomic E-state index is 0.0306. The third-order valence-electron chi connectivity index (χ3n) is 2.79. The van der Waals surface area contributed by atoms with Crippen LogP contribution in [-0.4, -0.2) is 64.5 Å². The molecule has 0 bridgehead atoms. The fourth-order valence-corrected chi connectivity index (χ4v) is 2.08. The first-order chi connectivity index (χ1) is 7.81. The Morgan fingerprint density at radius 2 is 2.19 bits per heavy atom. The van der Waals surface area contributed by atoms with Crippen LogP contribution in [-0.2, 0) is 0 Å². The quantitative estimate of drug-likeness (QED) is 0.781. The Hall–Kier alpha value is -1.07. The van der Waals surface area contributed by atoms with Gasteiger partial charge in [0.05, 0.1) is 0 Å². The van der Waals surface area contributed by atoms with Gasteiger partial charge in [0.15, 0.2) is 0 Å². The van der Waals surface area contributed by atoms with E-state index in [9.17, 15) is 4.79 Å². The van der Waals surface area contributed by atoms with Gasteiger partial charge in [-0.3, -0.25) is 14.8 Å². The Balaban J connectivity index is 1.87. The summed E-state index contributed by atoms with van der Waals surface area (Å²) in [6, 6.07) is 1.70. The van der Waals surface area contributed by atoms with Crippen molar-refractivity contribution in [3.63, 3.8) is 0 Å². The molecule has 0 aromatic carbocycles. The van der Waals surface area contributed by atoms with Crippen LogP contribution in [0.25, 0.3) is 0 Å². The molecule has 0 aliphatic carbocycles. The molecule has 88 valence electrons. The van der Waals surface area contributed by atoms with Gasteiger partial charge < -0.3 is 4.90 Å². The summed E-state index contributed by atoms with van der Waals surface area (Å²) in [4.78, 5) is 16.0. The molecule has 2 rings (SSSR count).